The molecule has 2 saturated heterocycles. The number of nitrogens with zero attached hydrogens (tertiary/aromatic N) is 3. The number of phenolic OH excluding ortho intramolecular Hbond substituents is 1. The van der Waals surface area contributed by atoms with Crippen molar-refractivity contribution >= 4 is 5.69 Å². The quantitative estimate of drug-likeness (QED) is 0.835. The molecule has 2 fully saturated rings. The highest BCUT2D eigenvalue weighted by Gasteiger charge is 2.29. The molecule has 5 nitrogen and oxygen atoms in total. The van der Waals surface area contributed by atoms with Crippen molar-refractivity contribution in [3.8, 4) is 11.5 Å². The van der Waals surface area contributed by atoms with Gasteiger partial charge in [0, 0.05) is 50.9 Å². The first-order chi connectivity index (χ1) is 14.2. The van der Waals surface area contributed by atoms with Crippen LogP contribution in [0.3, 0.4) is 0 Å². The Morgan fingerprint density at radius 3 is 2.59 bits per heavy atom. The summed E-state index contributed by atoms with van der Waals surface area (Å²) in [6.07, 6.45) is 2.35. The Labute approximate surface area is 172 Å². The van der Waals surface area contributed by atoms with Gasteiger partial charge in [0.2, 0.25) is 0 Å². The Bertz CT molecular complexity index is 824. The first kappa shape index (κ1) is 20.0. The summed E-state index contributed by atoms with van der Waals surface area (Å²) in [5.74, 6) is 0.638. The zero-order valence-corrected chi connectivity index (χ0v) is 17.1. The van der Waals surface area contributed by atoms with Crippen molar-refractivity contribution in [2.75, 3.05) is 51.3 Å². The van der Waals surface area contributed by atoms with Crippen molar-refractivity contribution < 1.29 is 14.2 Å². The molecule has 2 aliphatic rings. The van der Waals surface area contributed by atoms with E-state index in [9.17, 15) is 9.50 Å². The normalized spacial score (nSPS) is 21.3. The Hall–Kier alpha value is -2.31. The molecule has 156 valence electrons. The Balaban J connectivity index is 1.34. The summed E-state index contributed by atoms with van der Waals surface area (Å²) in [5, 5.41) is 10.4. The van der Waals surface area contributed by atoms with Crippen LogP contribution in [0.5, 0.6) is 11.5 Å². The van der Waals surface area contributed by atoms with Gasteiger partial charge < -0.3 is 14.7 Å². The van der Waals surface area contributed by atoms with Gasteiger partial charge in [-0.05, 0) is 37.6 Å². The van der Waals surface area contributed by atoms with Gasteiger partial charge in [-0.15, -0.1) is 0 Å². The third-order valence-electron chi connectivity index (χ3n) is 6.20. The van der Waals surface area contributed by atoms with E-state index in [1.54, 1.807) is 19.2 Å². The molecule has 2 aromatic carbocycles. The Morgan fingerprint density at radius 2 is 1.83 bits per heavy atom. The van der Waals surface area contributed by atoms with E-state index in [2.05, 4.69) is 14.7 Å². The van der Waals surface area contributed by atoms with Crippen LogP contribution in [0.1, 0.15) is 18.4 Å². The molecule has 0 aliphatic carbocycles. The Morgan fingerprint density at radius 1 is 1.03 bits per heavy atom. The second-order valence-electron chi connectivity index (χ2n) is 7.97. The van der Waals surface area contributed by atoms with Crippen LogP contribution in [0.4, 0.5) is 10.1 Å². The highest BCUT2D eigenvalue weighted by Crippen LogP contribution is 2.31. The number of benzene rings is 2. The second-order valence-corrected chi connectivity index (χ2v) is 7.97. The lowest BCUT2D eigenvalue weighted by Crippen LogP contribution is -2.55. The highest BCUT2D eigenvalue weighted by atomic mass is 19.1. The molecule has 0 bridgehead atoms. The van der Waals surface area contributed by atoms with E-state index in [-0.39, 0.29) is 11.6 Å². The molecule has 0 radical (unpaired) electrons. The van der Waals surface area contributed by atoms with E-state index < -0.39 is 0 Å². The van der Waals surface area contributed by atoms with Crippen molar-refractivity contribution in [3.05, 3.63) is 53.8 Å². The lowest BCUT2D eigenvalue weighted by molar-refractivity contribution is 0.0882. The average molecular weight is 400 g/mol. The summed E-state index contributed by atoms with van der Waals surface area (Å²) in [7, 11) is 1.58. The van der Waals surface area contributed by atoms with E-state index in [1.807, 2.05) is 24.3 Å². The maximum atomic E-state index is 14.1. The fourth-order valence-corrected chi connectivity index (χ4v) is 4.61. The highest BCUT2D eigenvalue weighted by molar-refractivity contribution is 5.48. The van der Waals surface area contributed by atoms with Crippen LogP contribution in [-0.2, 0) is 6.54 Å². The molecule has 1 N–H and O–H groups in total. The average Bonchev–Trinajstić information content (AvgIpc) is 2.76. The smallest absolute Gasteiger partial charge is 0.162 e. The summed E-state index contributed by atoms with van der Waals surface area (Å²) >= 11 is 0. The molecule has 0 amide bonds. The number of hydrogen-bond acceptors (Lipinski definition) is 5. The standard InChI is InChI=1S/C23H30FN3O2/c1-29-22-10-4-6-18(23(22)28)16-25-11-5-7-19(17-25)26-12-14-27(15-13-26)21-9-3-2-8-20(21)24/h2-4,6,8-10,19,28H,5,7,11-17H2,1H3. The second kappa shape index (κ2) is 9.01. The maximum Gasteiger partial charge on any atom is 0.162 e. The number of para-hydroxylation sites is 2. The van der Waals surface area contributed by atoms with Crippen molar-refractivity contribution in [2.45, 2.75) is 25.4 Å². The summed E-state index contributed by atoms with van der Waals surface area (Å²) in [4.78, 5) is 7.13. The van der Waals surface area contributed by atoms with Gasteiger partial charge in [-0.3, -0.25) is 9.80 Å². The molecular weight excluding hydrogens is 369 g/mol. The predicted octanol–water partition coefficient (Wildman–Crippen LogP) is 3.33. The van der Waals surface area contributed by atoms with Gasteiger partial charge in [0.25, 0.3) is 0 Å². The molecule has 1 atom stereocenters. The largest absolute Gasteiger partial charge is 0.504 e. The van der Waals surface area contributed by atoms with E-state index in [0.29, 0.717) is 17.5 Å². The number of rotatable bonds is 5. The number of ether oxygens (including phenoxy) is 1. The van der Waals surface area contributed by atoms with Gasteiger partial charge in [0.1, 0.15) is 5.82 Å². The van der Waals surface area contributed by atoms with Gasteiger partial charge in [0.05, 0.1) is 12.8 Å². The van der Waals surface area contributed by atoms with Gasteiger partial charge in [0.15, 0.2) is 11.5 Å². The molecule has 2 aromatic rings. The summed E-state index contributed by atoms with van der Waals surface area (Å²) < 4.78 is 19.3. The molecule has 29 heavy (non-hydrogen) atoms. The van der Waals surface area contributed by atoms with Crippen molar-refractivity contribution in [1.29, 1.82) is 0 Å². The van der Waals surface area contributed by atoms with E-state index in [4.69, 9.17) is 4.74 Å². The fourth-order valence-electron chi connectivity index (χ4n) is 4.61. The van der Waals surface area contributed by atoms with Crippen LogP contribution in [0.25, 0.3) is 0 Å². The van der Waals surface area contributed by atoms with Crippen molar-refractivity contribution in [1.82, 2.24) is 9.80 Å². The predicted molar refractivity (Wildman–Crippen MR) is 113 cm³/mol. The zero-order chi connectivity index (χ0) is 20.2. The van der Waals surface area contributed by atoms with Gasteiger partial charge in [-0.25, -0.2) is 4.39 Å². The number of methoxy groups -OCH3 is 1. The van der Waals surface area contributed by atoms with Crippen LogP contribution in [0, 0.1) is 5.82 Å². The van der Waals surface area contributed by atoms with Crippen molar-refractivity contribution in [3.63, 3.8) is 0 Å². The SMILES string of the molecule is COc1cccc(CN2CCCC(N3CCN(c4ccccc4F)CC3)C2)c1O. The third-order valence-corrected chi connectivity index (χ3v) is 6.20. The molecule has 2 heterocycles. The van der Waals surface area contributed by atoms with Crippen LogP contribution in [-0.4, -0.2) is 67.3 Å². The third kappa shape index (κ3) is 4.49. The topological polar surface area (TPSA) is 39.2 Å². The summed E-state index contributed by atoms with van der Waals surface area (Å²) in [5.41, 5.74) is 1.63. The first-order valence-corrected chi connectivity index (χ1v) is 10.5. The van der Waals surface area contributed by atoms with E-state index >= 15 is 0 Å². The minimum Gasteiger partial charge on any atom is -0.504 e. The van der Waals surface area contributed by atoms with Gasteiger partial charge in [-0.1, -0.05) is 24.3 Å². The lowest BCUT2D eigenvalue weighted by atomic mass is 10.0. The molecule has 2 aliphatic heterocycles. The molecular formula is C23H30FN3O2. The number of piperazine rings is 1. The van der Waals surface area contributed by atoms with Gasteiger partial charge in [-0.2, -0.15) is 0 Å². The number of likely N-dealkylation sites (tertiary alicyclic amines) is 1. The number of halogens is 1. The van der Waals surface area contributed by atoms with Crippen LogP contribution in [0.15, 0.2) is 42.5 Å². The molecule has 0 aromatic heterocycles. The van der Waals surface area contributed by atoms with Crippen LogP contribution in [0.2, 0.25) is 0 Å². The number of hydrogen-bond donors (Lipinski definition) is 1. The molecule has 1 unspecified atom stereocenters. The minimum atomic E-state index is -0.136. The van der Waals surface area contributed by atoms with Crippen LogP contribution < -0.4 is 9.64 Å². The molecule has 0 saturated carbocycles. The Kier molecular flexibility index (Phi) is 6.21. The van der Waals surface area contributed by atoms with Crippen molar-refractivity contribution in [2.24, 2.45) is 0 Å². The fraction of sp³-hybridized carbons (Fsp3) is 0.478. The van der Waals surface area contributed by atoms with Gasteiger partial charge >= 0.3 is 0 Å². The summed E-state index contributed by atoms with van der Waals surface area (Å²) in [6, 6.07) is 13.2. The number of phenols is 1. The molecule has 0 spiro atoms. The van der Waals surface area contributed by atoms with Crippen LogP contribution >= 0.6 is 0 Å². The summed E-state index contributed by atoms with van der Waals surface area (Å²) in [6.45, 7) is 6.39. The lowest BCUT2D eigenvalue weighted by Gasteiger charge is -2.44. The van der Waals surface area contributed by atoms with E-state index in [1.165, 1.54) is 12.5 Å². The van der Waals surface area contributed by atoms with E-state index in [0.717, 1.165) is 57.8 Å². The first-order valence-electron chi connectivity index (χ1n) is 10.5. The molecule has 4 rings (SSSR count). The number of anilines is 1. The number of aromatic hydroxyl groups is 1. The maximum absolute atomic E-state index is 14.1. The minimum absolute atomic E-state index is 0.136. The monoisotopic (exact) mass is 399 g/mol. The zero-order valence-electron chi connectivity index (χ0n) is 17.1. The number of piperidine rings is 1. The molecule has 6 heteroatoms.